The summed E-state index contributed by atoms with van der Waals surface area (Å²) in [7, 11) is 0. The van der Waals surface area contributed by atoms with E-state index in [0.717, 1.165) is 55.1 Å². The molecule has 6 nitrogen and oxygen atoms in total. The van der Waals surface area contributed by atoms with E-state index in [2.05, 4.69) is 55.9 Å². The van der Waals surface area contributed by atoms with E-state index in [4.69, 9.17) is 30.6 Å². The molecule has 1 aliphatic rings. The predicted octanol–water partition coefficient (Wildman–Crippen LogP) is 20.7. The zero-order valence-corrected chi connectivity index (χ0v) is 47.1. The van der Waals surface area contributed by atoms with Crippen LogP contribution in [0.2, 0.25) is 0 Å². The first kappa shape index (κ1) is 39.8. The van der Waals surface area contributed by atoms with E-state index < -0.39 is 27.4 Å². The number of hydrogen-bond acceptors (Lipinski definition) is 3. The van der Waals surface area contributed by atoms with Crippen molar-refractivity contribution >= 4 is 54.8 Å². The number of hydrogen-bond donors (Lipinski definition) is 0. The zero-order valence-electron chi connectivity index (χ0n) is 59.1. The van der Waals surface area contributed by atoms with Crippen molar-refractivity contribution in [2.45, 2.75) is 53.6 Å². The molecule has 6 heteroatoms. The number of ether oxygens (including phenoxy) is 1. The lowest BCUT2D eigenvalue weighted by Crippen LogP contribution is -2.32. The van der Waals surface area contributed by atoms with Gasteiger partial charge in [-0.2, -0.15) is 0 Å². The molecular formula is C80H60N4O2. The molecule has 15 aromatic rings. The molecule has 0 bridgehead atoms. The molecule has 4 aromatic heterocycles. The molecule has 86 heavy (non-hydrogen) atoms. The number of furan rings is 1. The minimum atomic E-state index is -2.76. The van der Waals surface area contributed by atoms with E-state index in [9.17, 15) is 0 Å². The summed E-state index contributed by atoms with van der Waals surface area (Å²) in [6, 6.07) is 71.6. The molecule has 0 saturated carbocycles. The topological polar surface area (TPSA) is 49.0 Å². The lowest BCUT2D eigenvalue weighted by Gasteiger charge is -2.22. The van der Waals surface area contributed by atoms with E-state index in [0.29, 0.717) is 89.6 Å². The van der Waals surface area contributed by atoms with Gasteiger partial charge in [-0.25, -0.2) is 4.98 Å². The van der Waals surface area contributed by atoms with Crippen LogP contribution in [-0.2, 0) is 5.41 Å². The Kier molecular flexibility index (Phi) is 9.04. The number of aromatic nitrogens is 4. The molecule has 11 aromatic carbocycles. The summed E-state index contributed by atoms with van der Waals surface area (Å²) in [5.41, 5.74) is 11.8. The number of rotatable bonds is 7. The molecule has 0 atom stereocenters. The maximum Gasteiger partial charge on any atom is 0.269 e. The number of pyridine rings is 1. The summed E-state index contributed by atoms with van der Waals surface area (Å²) < 4.78 is 127. The van der Waals surface area contributed by atoms with Crippen LogP contribution in [0.5, 0.6) is 11.5 Å². The molecule has 0 saturated heterocycles. The van der Waals surface area contributed by atoms with Gasteiger partial charge < -0.3 is 9.15 Å². The van der Waals surface area contributed by atoms with Crippen LogP contribution >= 0.6 is 0 Å². The fourth-order valence-electron chi connectivity index (χ4n) is 13.0. The highest BCUT2D eigenvalue weighted by Crippen LogP contribution is 2.49. The molecule has 0 unspecified atom stereocenters. The van der Waals surface area contributed by atoms with E-state index in [-0.39, 0.29) is 38.8 Å². The summed E-state index contributed by atoms with van der Waals surface area (Å²) in [5, 5.41) is 3.71. The average molecular weight is 1120 g/mol. The Balaban J connectivity index is 1.02. The van der Waals surface area contributed by atoms with Crippen molar-refractivity contribution in [1.82, 2.24) is 14.1 Å². The van der Waals surface area contributed by atoms with Gasteiger partial charge in [0.2, 0.25) is 0 Å². The maximum atomic E-state index is 8.98. The van der Waals surface area contributed by atoms with Crippen molar-refractivity contribution in [2.24, 2.45) is 0 Å². The molecule has 412 valence electrons. The lowest BCUT2D eigenvalue weighted by atomic mass is 9.85. The van der Waals surface area contributed by atoms with Crippen LogP contribution in [-0.4, -0.2) is 14.1 Å². The van der Waals surface area contributed by atoms with Crippen molar-refractivity contribution in [3.05, 3.63) is 271 Å². The Hall–Kier alpha value is -10.6. The number of aryl methyl sites for hydroxylation is 4. The molecule has 1 aliphatic heterocycles. The van der Waals surface area contributed by atoms with E-state index in [1.54, 1.807) is 0 Å². The summed E-state index contributed by atoms with van der Waals surface area (Å²) in [6.45, 7) is -4.51. The quantitative estimate of drug-likeness (QED) is 0.118. The van der Waals surface area contributed by atoms with Crippen molar-refractivity contribution < 1.29 is 30.2 Å². The van der Waals surface area contributed by atoms with Gasteiger partial charge in [-0.3, -0.25) is 13.7 Å². The third-order valence-electron chi connectivity index (χ3n) is 17.0. The van der Waals surface area contributed by atoms with Crippen LogP contribution in [0, 0.1) is 33.7 Å². The van der Waals surface area contributed by atoms with Crippen molar-refractivity contribution in [1.29, 1.82) is 0 Å². The third kappa shape index (κ3) is 8.15. The number of benzene rings is 11. The smallest absolute Gasteiger partial charge is 0.269 e. The average Bonchev–Trinajstić information content (AvgIpc) is 1.52. The largest absolute Gasteiger partial charge is 0.458 e. The Morgan fingerprint density at radius 2 is 1.05 bits per heavy atom. The van der Waals surface area contributed by atoms with Crippen molar-refractivity contribution in [2.75, 3.05) is 0 Å². The number of imidazole rings is 1. The third-order valence-corrected chi connectivity index (χ3v) is 17.0. The van der Waals surface area contributed by atoms with Gasteiger partial charge in [-0.05, 0) is 212 Å². The SMILES string of the molecule is [2H]C([2H])([2H])c1cccc(C([2H])([2H])[2H])c1-c1cc(-c2ccc3oc4ccccc4c3c2)c2c(c1)-c1ccccc1-c1ccccc1-c1cc(-c3c(C([2H])([2H])[2H])cccc3C([2H])([2H])[2H])cc3c1[n+]-2[c-]n3-c1cccc(Oc2ccc3c4ccccc4n(-c4cc(C(C)(C)C)ccn4)c3c2)c1. The zero-order chi connectivity index (χ0) is 68.1. The first-order valence-electron chi connectivity index (χ1n) is 34.7. The predicted molar refractivity (Wildman–Crippen MR) is 353 cm³/mol. The second-order valence-corrected chi connectivity index (χ2v) is 23.2. The standard InChI is InChI=1S/C80H60N4O2/c1-48-19-16-20-49(2)76(48)53-40-66(52-33-36-74-67(39-52)65-30-13-15-32-73(65)86-74)78-68(41-53)61-27-10-8-25-59(61)60-26-9-11-28-62(60)69-42-54(77-50(3)21-17-22-51(77)4)43-72-79(69)83(78)47-82(72)56-23-18-24-57(45-56)85-58-34-35-64-63-29-12-14-31-70(63)84(71(64)46-58)75-44-55(37-38-81-75)80(5,6)7/h8-46H,1-7H3/i1D3,2D3,3D3,4D3. The molecule has 0 fully saturated rings. The molecule has 0 radical (unpaired) electrons. The van der Waals surface area contributed by atoms with Gasteiger partial charge in [0.25, 0.3) is 6.33 Å². The molecular weight excluding hydrogens is 1050 g/mol. The highest BCUT2D eigenvalue weighted by molar-refractivity contribution is 6.10. The Morgan fingerprint density at radius 3 is 1.77 bits per heavy atom. The minimum absolute atomic E-state index is 0.0391. The molecule has 5 heterocycles. The van der Waals surface area contributed by atoms with Crippen LogP contribution in [0.15, 0.2) is 241 Å². The summed E-state index contributed by atoms with van der Waals surface area (Å²) in [6.07, 6.45) is 5.70. The second-order valence-electron chi connectivity index (χ2n) is 23.2. The number of fused-ring (bicyclic) bond motifs is 13. The number of para-hydroxylation sites is 2. The fraction of sp³-hybridized carbons (Fsp3) is 0.100. The number of nitrogens with zero attached hydrogens (tertiary/aromatic N) is 4. The van der Waals surface area contributed by atoms with E-state index in [1.807, 2.05) is 185 Å². The molecule has 0 amide bonds. The van der Waals surface area contributed by atoms with Gasteiger partial charge in [0.15, 0.2) is 0 Å². The van der Waals surface area contributed by atoms with Crippen molar-refractivity contribution in [3.63, 3.8) is 0 Å². The Bertz CT molecular complexity index is 5740. The van der Waals surface area contributed by atoms with Gasteiger partial charge in [0, 0.05) is 50.3 Å². The summed E-state index contributed by atoms with van der Waals surface area (Å²) in [4.78, 5) is 4.91. The van der Waals surface area contributed by atoms with E-state index in [1.165, 1.54) is 36.4 Å². The molecule has 0 spiro atoms. The van der Waals surface area contributed by atoms with Crippen LogP contribution in [0.25, 0.3) is 139 Å². The normalized spacial score (nSPS) is 14.8. The highest BCUT2D eigenvalue weighted by atomic mass is 16.5. The van der Waals surface area contributed by atoms with Gasteiger partial charge in [0.05, 0.1) is 33.4 Å². The van der Waals surface area contributed by atoms with Crippen LogP contribution < -0.4 is 9.30 Å². The monoisotopic (exact) mass is 1120 g/mol. The Morgan fingerprint density at radius 1 is 0.453 bits per heavy atom. The van der Waals surface area contributed by atoms with Gasteiger partial charge in [-0.1, -0.05) is 160 Å². The van der Waals surface area contributed by atoms with E-state index >= 15 is 0 Å². The van der Waals surface area contributed by atoms with Crippen LogP contribution in [0.4, 0.5) is 0 Å². The molecule has 0 aliphatic carbocycles. The highest BCUT2D eigenvalue weighted by Gasteiger charge is 2.30. The molecule has 16 rings (SSSR count). The first-order chi connectivity index (χ1) is 46.8. The van der Waals surface area contributed by atoms with Gasteiger partial charge >= 0.3 is 0 Å². The van der Waals surface area contributed by atoms with Gasteiger partial charge in [-0.15, -0.1) is 0 Å². The van der Waals surface area contributed by atoms with Gasteiger partial charge in [0.1, 0.15) is 28.5 Å². The second kappa shape index (κ2) is 19.5. The fourth-order valence-corrected chi connectivity index (χ4v) is 13.0. The van der Waals surface area contributed by atoms with Crippen LogP contribution in [0.1, 0.15) is 65.0 Å². The molecule has 0 N–H and O–H groups in total. The minimum Gasteiger partial charge on any atom is -0.458 e. The summed E-state index contributed by atoms with van der Waals surface area (Å²) >= 11 is 0. The van der Waals surface area contributed by atoms with Crippen LogP contribution in [0.3, 0.4) is 0 Å². The van der Waals surface area contributed by atoms with Crippen molar-refractivity contribution in [3.8, 4) is 95.5 Å². The lowest BCUT2D eigenvalue weighted by molar-refractivity contribution is -0.570. The first-order valence-corrected chi connectivity index (χ1v) is 28.7. The summed E-state index contributed by atoms with van der Waals surface area (Å²) in [5.74, 6) is 1.76. The Labute approximate surface area is 517 Å². The maximum absolute atomic E-state index is 8.98.